The third kappa shape index (κ3) is 14.4. The molecule has 0 unspecified atom stereocenters. The first-order valence-corrected chi connectivity index (χ1v) is 6.42. The Bertz CT molecular complexity index is 439. The van der Waals surface area contributed by atoms with Crippen molar-refractivity contribution in [3.63, 3.8) is 0 Å². The summed E-state index contributed by atoms with van der Waals surface area (Å²) >= 11 is 0. The van der Waals surface area contributed by atoms with E-state index in [1.54, 1.807) is 0 Å². The van der Waals surface area contributed by atoms with E-state index < -0.39 is 10.4 Å². The largest absolute Gasteiger partial charge is 0.394 e. The summed E-state index contributed by atoms with van der Waals surface area (Å²) in [7, 11) is -4.67. The number of nitrogens with one attached hydrogen (secondary N) is 2. The van der Waals surface area contributed by atoms with Crippen molar-refractivity contribution in [2.45, 2.75) is 6.92 Å². The van der Waals surface area contributed by atoms with Gasteiger partial charge >= 0.3 is 10.4 Å². The van der Waals surface area contributed by atoms with Crippen LogP contribution in [0.25, 0.3) is 0 Å². The molecule has 0 radical (unpaired) electrons. The molecule has 1 aromatic rings. The molecular formula is C10H16N2O5S. The number of para-hydroxylation sites is 1. The minimum atomic E-state index is -4.67. The molecule has 4 N–H and O–H groups in total. The first-order chi connectivity index (χ1) is 8.29. The average Bonchev–Trinajstić information content (AvgIpc) is 2.23. The monoisotopic (exact) mass is 276 g/mol. The zero-order chi connectivity index (χ0) is 14.0. The summed E-state index contributed by atoms with van der Waals surface area (Å²) in [5.41, 5.74) is 1.08. The lowest BCUT2D eigenvalue weighted by atomic mass is 10.3. The zero-order valence-electron chi connectivity index (χ0n) is 9.83. The van der Waals surface area contributed by atoms with Crippen LogP contribution in [0.3, 0.4) is 0 Å². The van der Waals surface area contributed by atoms with Crippen molar-refractivity contribution in [3.05, 3.63) is 30.3 Å². The van der Waals surface area contributed by atoms with Gasteiger partial charge in [-0.3, -0.25) is 13.9 Å². The third-order valence-corrected chi connectivity index (χ3v) is 1.60. The van der Waals surface area contributed by atoms with E-state index in [1.807, 2.05) is 30.3 Å². The Morgan fingerprint density at radius 3 is 2.11 bits per heavy atom. The van der Waals surface area contributed by atoms with Gasteiger partial charge in [-0.15, -0.1) is 0 Å². The maximum absolute atomic E-state index is 10.5. The molecule has 0 aromatic heterocycles. The van der Waals surface area contributed by atoms with Gasteiger partial charge in [0.15, 0.2) is 0 Å². The fourth-order valence-corrected chi connectivity index (χ4v) is 1.00. The minimum Gasteiger partial charge on any atom is -0.383 e. The van der Waals surface area contributed by atoms with Crippen LogP contribution in [0.5, 0.6) is 0 Å². The van der Waals surface area contributed by atoms with Crippen LogP contribution in [0.1, 0.15) is 6.92 Å². The van der Waals surface area contributed by atoms with Crippen LogP contribution < -0.4 is 10.6 Å². The third-order valence-electron chi connectivity index (χ3n) is 1.60. The highest BCUT2D eigenvalue weighted by molar-refractivity contribution is 7.79. The lowest BCUT2D eigenvalue weighted by molar-refractivity contribution is -0.118. The summed E-state index contributed by atoms with van der Waals surface area (Å²) in [4.78, 5) is 10.5. The minimum absolute atomic E-state index is 0.00913. The second-order valence-corrected chi connectivity index (χ2v) is 4.12. The topological polar surface area (TPSA) is 116 Å². The Kier molecular flexibility index (Phi) is 7.68. The molecule has 1 amide bonds. The molecule has 0 heterocycles. The average molecular weight is 276 g/mol. The summed E-state index contributed by atoms with van der Waals surface area (Å²) in [6.07, 6.45) is 0. The Labute approximate surface area is 106 Å². The quantitative estimate of drug-likeness (QED) is 0.472. The predicted octanol–water partition coefficient (Wildman–Crippen LogP) is 0.582. The van der Waals surface area contributed by atoms with Gasteiger partial charge in [-0.05, 0) is 12.1 Å². The molecule has 0 fully saturated rings. The standard InChI is InChI=1S/C10H14N2O.H2O4S/c1-9(13)11-7-8-12-10-5-3-2-4-6-10;1-5(2,3)4/h2-6,12H,7-8H2,1H3,(H,11,13);(H2,1,2,3,4). The molecular weight excluding hydrogens is 260 g/mol. The highest BCUT2D eigenvalue weighted by atomic mass is 32.3. The Hall–Kier alpha value is -1.64. The number of rotatable bonds is 4. The summed E-state index contributed by atoms with van der Waals surface area (Å²) < 4.78 is 31.6. The van der Waals surface area contributed by atoms with Crippen molar-refractivity contribution in [1.82, 2.24) is 5.32 Å². The van der Waals surface area contributed by atoms with Gasteiger partial charge in [0.25, 0.3) is 0 Å². The lowest BCUT2D eigenvalue weighted by Crippen LogP contribution is -2.26. The molecule has 0 bridgehead atoms. The van der Waals surface area contributed by atoms with Crippen molar-refractivity contribution in [2.75, 3.05) is 18.4 Å². The van der Waals surface area contributed by atoms with Gasteiger partial charge in [0.1, 0.15) is 0 Å². The van der Waals surface area contributed by atoms with Crippen molar-refractivity contribution in [3.8, 4) is 0 Å². The molecule has 102 valence electrons. The maximum atomic E-state index is 10.5. The number of anilines is 1. The molecule has 0 aliphatic rings. The highest BCUT2D eigenvalue weighted by Crippen LogP contribution is 2.03. The predicted molar refractivity (Wildman–Crippen MR) is 67.8 cm³/mol. The molecule has 1 aromatic carbocycles. The van der Waals surface area contributed by atoms with Crippen LogP contribution in [0.4, 0.5) is 5.69 Å². The second-order valence-electron chi connectivity index (χ2n) is 3.22. The van der Waals surface area contributed by atoms with Gasteiger partial charge in [-0.25, -0.2) is 0 Å². The number of hydrogen-bond acceptors (Lipinski definition) is 4. The summed E-state index contributed by atoms with van der Waals surface area (Å²) in [6.45, 7) is 2.93. The van der Waals surface area contributed by atoms with Gasteiger partial charge < -0.3 is 10.6 Å². The van der Waals surface area contributed by atoms with Crippen molar-refractivity contribution in [2.24, 2.45) is 0 Å². The lowest BCUT2D eigenvalue weighted by Gasteiger charge is -2.05. The molecule has 8 heteroatoms. The summed E-state index contributed by atoms with van der Waals surface area (Å²) in [6, 6.07) is 9.90. The van der Waals surface area contributed by atoms with E-state index in [4.69, 9.17) is 17.5 Å². The van der Waals surface area contributed by atoms with E-state index >= 15 is 0 Å². The highest BCUT2D eigenvalue weighted by Gasteiger charge is 1.90. The maximum Gasteiger partial charge on any atom is 0.394 e. The summed E-state index contributed by atoms with van der Waals surface area (Å²) in [5, 5.41) is 5.90. The number of benzene rings is 1. The number of carbonyl (C=O) groups is 1. The van der Waals surface area contributed by atoms with Crippen LogP contribution in [-0.4, -0.2) is 36.5 Å². The van der Waals surface area contributed by atoms with Crippen molar-refractivity contribution < 1.29 is 22.3 Å². The molecule has 0 saturated carbocycles. The van der Waals surface area contributed by atoms with E-state index in [-0.39, 0.29) is 5.91 Å². The molecule has 0 atom stereocenters. The van der Waals surface area contributed by atoms with Gasteiger partial charge in [0.05, 0.1) is 0 Å². The fraction of sp³-hybridized carbons (Fsp3) is 0.300. The van der Waals surface area contributed by atoms with E-state index in [9.17, 15) is 4.79 Å². The molecule has 0 spiro atoms. The SMILES string of the molecule is CC(=O)NCCNc1ccccc1.O=S(=O)(O)O. The van der Waals surface area contributed by atoms with E-state index in [1.165, 1.54) is 6.92 Å². The molecule has 18 heavy (non-hydrogen) atoms. The fourth-order valence-electron chi connectivity index (χ4n) is 1.00. The van der Waals surface area contributed by atoms with Gasteiger partial charge in [0.2, 0.25) is 5.91 Å². The van der Waals surface area contributed by atoms with Crippen LogP contribution in [-0.2, 0) is 15.2 Å². The first kappa shape index (κ1) is 16.4. The number of carbonyl (C=O) groups excluding carboxylic acids is 1. The van der Waals surface area contributed by atoms with E-state index in [0.29, 0.717) is 6.54 Å². The van der Waals surface area contributed by atoms with E-state index in [2.05, 4.69) is 10.6 Å². The molecule has 1 rings (SSSR count). The molecule has 0 saturated heterocycles. The Balaban J connectivity index is 0.000000494. The van der Waals surface area contributed by atoms with E-state index in [0.717, 1.165) is 12.2 Å². The smallest absolute Gasteiger partial charge is 0.383 e. The van der Waals surface area contributed by atoms with Gasteiger partial charge in [-0.1, -0.05) is 18.2 Å². The summed E-state index contributed by atoms with van der Waals surface area (Å²) in [5.74, 6) is 0.00913. The van der Waals surface area contributed by atoms with Gasteiger partial charge in [-0.2, -0.15) is 8.42 Å². The van der Waals surface area contributed by atoms with Crippen LogP contribution >= 0.6 is 0 Å². The van der Waals surface area contributed by atoms with Gasteiger partial charge in [0, 0.05) is 25.7 Å². The molecule has 0 aliphatic carbocycles. The van der Waals surface area contributed by atoms with Crippen LogP contribution in [0.2, 0.25) is 0 Å². The molecule has 0 aliphatic heterocycles. The van der Waals surface area contributed by atoms with Crippen LogP contribution in [0, 0.1) is 0 Å². The second kappa shape index (κ2) is 8.45. The number of hydrogen-bond donors (Lipinski definition) is 4. The van der Waals surface area contributed by atoms with Crippen LogP contribution in [0.15, 0.2) is 30.3 Å². The normalized spacial score (nSPS) is 9.94. The first-order valence-electron chi connectivity index (χ1n) is 5.02. The zero-order valence-corrected chi connectivity index (χ0v) is 10.6. The molecule has 7 nitrogen and oxygen atoms in total. The van der Waals surface area contributed by atoms with Crippen molar-refractivity contribution in [1.29, 1.82) is 0 Å². The number of amides is 1. The Morgan fingerprint density at radius 1 is 1.17 bits per heavy atom. The Morgan fingerprint density at radius 2 is 1.67 bits per heavy atom. The van der Waals surface area contributed by atoms with Crippen molar-refractivity contribution >= 4 is 22.0 Å².